The first-order valence-electron chi connectivity index (χ1n) is 10.2. The summed E-state index contributed by atoms with van der Waals surface area (Å²) in [6.45, 7) is -0.0270. The van der Waals surface area contributed by atoms with Gasteiger partial charge in [0.15, 0.2) is 11.5 Å². The molecule has 0 unspecified atom stereocenters. The van der Waals surface area contributed by atoms with Gasteiger partial charge in [0.2, 0.25) is 0 Å². The number of carbonyl (C=O) groups excluding carboxylic acids is 2. The van der Waals surface area contributed by atoms with E-state index in [1.807, 2.05) is 18.2 Å². The maximum Gasteiger partial charge on any atom is 0.293 e. The molecular formula is C25H17BrCl2FNO4S. The second-order valence-electron chi connectivity index (χ2n) is 7.38. The summed E-state index contributed by atoms with van der Waals surface area (Å²) in [6.07, 6.45) is 1.57. The first kappa shape index (κ1) is 25.6. The van der Waals surface area contributed by atoms with Crippen molar-refractivity contribution in [3.63, 3.8) is 0 Å². The van der Waals surface area contributed by atoms with Crippen molar-refractivity contribution in [2.45, 2.75) is 13.2 Å². The molecule has 0 spiro atoms. The lowest BCUT2D eigenvalue weighted by Gasteiger charge is -2.15. The lowest BCUT2D eigenvalue weighted by atomic mass is 10.1. The second kappa shape index (κ2) is 11.0. The Balaban J connectivity index is 1.56. The van der Waals surface area contributed by atoms with Gasteiger partial charge in [0, 0.05) is 21.2 Å². The predicted molar refractivity (Wildman–Crippen MR) is 139 cm³/mol. The molecule has 0 aromatic heterocycles. The molecule has 10 heteroatoms. The van der Waals surface area contributed by atoms with Gasteiger partial charge in [-0.3, -0.25) is 14.5 Å². The fourth-order valence-electron chi connectivity index (χ4n) is 3.36. The highest BCUT2D eigenvalue weighted by Crippen LogP contribution is 2.40. The van der Waals surface area contributed by atoms with Crippen molar-refractivity contribution in [3.8, 4) is 11.5 Å². The second-order valence-corrected chi connectivity index (χ2v) is 10.0. The Hall–Kier alpha value is -2.52. The number of halogens is 4. The van der Waals surface area contributed by atoms with E-state index in [4.69, 9.17) is 32.7 Å². The van der Waals surface area contributed by atoms with Gasteiger partial charge in [-0.15, -0.1) is 0 Å². The van der Waals surface area contributed by atoms with Crippen LogP contribution in [0.3, 0.4) is 0 Å². The standard InChI is InChI=1S/C25H17BrCl2FNO4S/c1-33-21-10-14(9-17(26)23(21)34-13-15-5-2-3-6-18(15)27)11-22-24(31)30(25(32)35-22)12-16-19(28)7-4-8-20(16)29/h2-11H,12-13H2,1H3. The first-order valence-corrected chi connectivity index (χ1v) is 12.6. The number of methoxy groups -OCH3 is 1. The van der Waals surface area contributed by atoms with E-state index in [1.165, 1.54) is 25.3 Å². The number of rotatable bonds is 7. The van der Waals surface area contributed by atoms with Gasteiger partial charge in [0.1, 0.15) is 12.4 Å². The van der Waals surface area contributed by atoms with Crippen LogP contribution in [0.25, 0.3) is 6.08 Å². The van der Waals surface area contributed by atoms with Crippen LogP contribution in [0.4, 0.5) is 9.18 Å². The fraction of sp³-hybridized carbons (Fsp3) is 0.120. The third-order valence-electron chi connectivity index (χ3n) is 5.13. The van der Waals surface area contributed by atoms with Crippen LogP contribution >= 0.6 is 50.9 Å². The maximum atomic E-state index is 14.2. The Morgan fingerprint density at radius 1 is 1.09 bits per heavy atom. The topological polar surface area (TPSA) is 55.8 Å². The van der Waals surface area contributed by atoms with Crippen molar-refractivity contribution in [2.24, 2.45) is 0 Å². The molecule has 1 heterocycles. The number of hydrogen-bond donors (Lipinski definition) is 0. The molecule has 0 saturated carbocycles. The van der Waals surface area contributed by atoms with Gasteiger partial charge in [0.25, 0.3) is 11.1 Å². The third-order valence-corrected chi connectivity index (χ3v) is 7.35. The normalized spacial score (nSPS) is 14.7. The zero-order chi connectivity index (χ0) is 25.1. The van der Waals surface area contributed by atoms with Gasteiger partial charge in [0.05, 0.1) is 23.0 Å². The SMILES string of the molecule is COc1cc(C=C2SC(=O)N(Cc3c(F)cccc3Cl)C2=O)cc(Br)c1OCc1ccccc1Cl. The van der Waals surface area contributed by atoms with E-state index in [1.54, 1.807) is 24.3 Å². The largest absolute Gasteiger partial charge is 0.493 e. The van der Waals surface area contributed by atoms with Crippen LogP contribution in [0.1, 0.15) is 16.7 Å². The van der Waals surface area contributed by atoms with Crippen molar-refractivity contribution in [1.29, 1.82) is 0 Å². The minimum Gasteiger partial charge on any atom is -0.493 e. The summed E-state index contributed by atoms with van der Waals surface area (Å²) in [5.74, 6) is -0.225. The van der Waals surface area contributed by atoms with Crippen LogP contribution in [0.5, 0.6) is 11.5 Å². The minimum absolute atomic E-state index is 0.0853. The third kappa shape index (κ3) is 5.67. The molecule has 1 aliphatic rings. The van der Waals surface area contributed by atoms with Gasteiger partial charge in [-0.25, -0.2) is 4.39 Å². The molecule has 35 heavy (non-hydrogen) atoms. The highest BCUT2D eigenvalue weighted by molar-refractivity contribution is 9.10. The molecule has 1 saturated heterocycles. The molecule has 0 bridgehead atoms. The monoisotopic (exact) mass is 595 g/mol. The van der Waals surface area contributed by atoms with Gasteiger partial charge in [-0.05, 0) is 69.7 Å². The molecule has 0 atom stereocenters. The van der Waals surface area contributed by atoms with Crippen molar-refractivity contribution < 1.29 is 23.5 Å². The Morgan fingerprint density at radius 2 is 1.83 bits per heavy atom. The lowest BCUT2D eigenvalue weighted by Crippen LogP contribution is -2.28. The van der Waals surface area contributed by atoms with E-state index in [-0.39, 0.29) is 28.6 Å². The zero-order valence-electron chi connectivity index (χ0n) is 18.2. The number of carbonyl (C=O) groups is 2. The summed E-state index contributed by atoms with van der Waals surface area (Å²) in [7, 11) is 1.50. The summed E-state index contributed by atoms with van der Waals surface area (Å²) in [5, 5.41) is 0.229. The van der Waals surface area contributed by atoms with Gasteiger partial charge in [-0.1, -0.05) is 47.5 Å². The van der Waals surface area contributed by atoms with Crippen molar-refractivity contribution >= 4 is 68.1 Å². The first-order chi connectivity index (χ1) is 16.8. The fourth-order valence-corrected chi connectivity index (χ4v) is 5.18. The summed E-state index contributed by atoms with van der Waals surface area (Å²) in [5.41, 5.74) is 1.51. The number of thioether (sulfide) groups is 1. The van der Waals surface area contributed by atoms with Crippen LogP contribution in [0.15, 0.2) is 64.0 Å². The molecule has 4 rings (SSSR count). The number of hydrogen-bond acceptors (Lipinski definition) is 5. The molecule has 1 fully saturated rings. The quantitative estimate of drug-likeness (QED) is 0.261. The Bertz CT molecular complexity index is 1330. The number of amides is 2. The number of ether oxygens (including phenoxy) is 2. The molecule has 0 aliphatic carbocycles. The average Bonchev–Trinajstić information content (AvgIpc) is 3.08. The maximum absolute atomic E-state index is 14.2. The van der Waals surface area contributed by atoms with E-state index < -0.39 is 17.0 Å². The average molecular weight is 597 g/mol. The van der Waals surface area contributed by atoms with Crippen LogP contribution in [-0.2, 0) is 17.9 Å². The van der Waals surface area contributed by atoms with E-state index in [2.05, 4.69) is 15.9 Å². The van der Waals surface area contributed by atoms with Crippen molar-refractivity contribution in [3.05, 3.63) is 96.5 Å². The molecule has 5 nitrogen and oxygen atoms in total. The lowest BCUT2D eigenvalue weighted by molar-refractivity contribution is -0.123. The van der Waals surface area contributed by atoms with E-state index >= 15 is 0 Å². The number of nitrogens with zero attached hydrogens (tertiary/aromatic N) is 1. The Labute approximate surface area is 223 Å². The van der Waals surface area contributed by atoms with Crippen LogP contribution in [0, 0.1) is 5.82 Å². The summed E-state index contributed by atoms with van der Waals surface area (Å²) >= 11 is 16.5. The Kier molecular flexibility index (Phi) is 8.06. The number of imide groups is 1. The van der Waals surface area contributed by atoms with Gasteiger partial charge >= 0.3 is 0 Å². The van der Waals surface area contributed by atoms with Crippen LogP contribution in [0.2, 0.25) is 10.0 Å². The highest BCUT2D eigenvalue weighted by Gasteiger charge is 2.36. The number of benzene rings is 3. The van der Waals surface area contributed by atoms with E-state index in [9.17, 15) is 14.0 Å². The molecule has 3 aromatic rings. The molecule has 2 amide bonds. The zero-order valence-corrected chi connectivity index (χ0v) is 22.1. The van der Waals surface area contributed by atoms with Crippen molar-refractivity contribution in [2.75, 3.05) is 7.11 Å². The molecule has 180 valence electrons. The summed E-state index contributed by atoms with van der Waals surface area (Å²) in [4.78, 5) is 26.6. The molecule has 0 radical (unpaired) electrons. The molecule has 3 aromatic carbocycles. The molecular weight excluding hydrogens is 580 g/mol. The molecule has 1 aliphatic heterocycles. The smallest absolute Gasteiger partial charge is 0.293 e. The minimum atomic E-state index is -0.582. The summed E-state index contributed by atoms with van der Waals surface area (Å²) in [6, 6.07) is 15.0. The van der Waals surface area contributed by atoms with Gasteiger partial charge in [-0.2, -0.15) is 0 Å². The van der Waals surface area contributed by atoms with Crippen LogP contribution < -0.4 is 9.47 Å². The molecule has 0 N–H and O–H groups in total. The highest BCUT2D eigenvalue weighted by atomic mass is 79.9. The van der Waals surface area contributed by atoms with Gasteiger partial charge < -0.3 is 9.47 Å². The predicted octanol–water partition coefficient (Wildman–Crippen LogP) is 7.72. The van der Waals surface area contributed by atoms with Crippen molar-refractivity contribution in [1.82, 2.24) is 4.90 Å². The summed E-state index contributed by atoms with van der Waals surface area (Å²) < 4.78 is 26.2. The van der Waals surface area contributed by atoms with E-state index in [0.29, 0.717) is 26.6 Å². The van der Waals surface area contributed by atoms with Crippen LogP contribution in [-0.4, -0.2) is 23.2 Å². The Morgan fingerprint density at radius 3 is 2.54 bits per heavy atom. The van der Waals surface area contributed by atoms with E-state index in [0.717, 1.165) is 22.2 Å².